The van der Waals surface area contributed by atoms with Gasteiger partial charge in [-0.05, 0) is 42.0 Å². The van der Waals surface area contributed by atoms with Crippen LogP contribution in [-0.2, 0) is 0 Å². The molecule has 6 nitrogen and oxygen atoms in total. The summed E-state index contributed by atoms with van der Waals surface area (Å²) in [4.78, 5) is 0. The molecule has 5 rings (SSSR count). The smallest absolute Gasteiger partial charge is 0.214 e. The number of nitrogens with zero attached hydrogens (tertiary/aromatic N) is 2. The van der Waals surface area contributed by atoms with E-state index in [4.69, 9.17) is 35.6 Å². The molecule has 3 aromatic rings. The van der Waals surface area contributed by atoms with E-state index >= 15 is 0 Å². The van der Waals surface area contributed by atoms with Crippen LogP contribution in [0.25, 0.3) is 0 Å². The highest BCUT2D eigenvalue weighted by Crippen LogP contribution is 2.51. The van der Waals surface area contributed by atoms with Gasteiger partial charge in [0.05, 0.1) is 33.1 Å². The second-order valence-corrected chi connectivity index (χ2v) is 8.05. The van der Waals surface area contributed by atoms with Crippen molar-refractivity contribution in [1.82, 2.24) is 5.01 Å². The molecule has 0 unspecified atom stereocenters. The normalized spacial score (nSPS) is 18.9. The minimum absolute atomic E-state index is 0.0117. The van der Waals surface area contributed by atoms with Crippen LogP contribution in [0.15, 0.2) is 65.8 Å². The lowest BCUT2D eigenvalue weighted by Crippen LogP contribution is -2.33. The Morgan fingerprint density at radius 1 is 0.906 bits per heavy atom. The van der Waals surface area contributed by atoms with Crippen LogP contribution in [-0.4, -0.2) is 32.0 Å². The first-order valence-electron chi connectivity index (χ1n) is 10.3. The Kier molecular flexibility index (Phi) is 5.31. The van der Waals surface area contributed by atoms with Gasteiger partial charge in [0.25, 0.3) is 0 Å². The Morgan fingerprint density at radius 2 is 1.66 bits per heavy atom. The Morgan fingerprint density at radius 3 is 2.38 bits per heavy atom. The molecule has 0 aliphatic carbocycles. The highest BCUT2D eigenvalue weighted by molar-refractivity contribution is 6.30. The fourth-order valence-electron chi connectivity index (χ4n) is 4.29. The van der Waals surface area contributed by atoms with Gasteiger partial charge < -0.3 is 18.9 Å². The van der Waals surface area contributed by atoms with E-state index in [9.17, 15) is 0 Å². The number of halogens is 1. The Bertz CT molecular complexity index is 1180. The van der Waals surface area contributed by atoms with E-state index in [1.807, 2.05) is 59.6 Å². The predicted molar refractivity (Wildman–Crippen MR) is 123 cm³/mol. The molecule has 2 heterocycles. The average Bonchev–Trinajstić information content (AvgIpc) is 3.29. The topological polar surface area (TPSA) is 52.5 Å². The molecule has 164 valence electrons. The highest BCUT2D eigenvalue weighted by Gasteiger charge is 2.42. The number of para-hydroxylation sites is 1. The maximum atomic E-state index is 6.51. The molecule has 0 N–H and O–H groups in total. The van der Waals surface area contributed by atoms with Crippen LogP contribution in [0.3, 0.4) is 0 Å². The quantitative estimate of drug-likeness (QED) is 0.505. The van der Waals surface area contributed by atoms with Gasteiger partial charge in [0.2, 0.25) is 6.23 Å². The van der Waals surface area contributed by atoms with Crippen molar-refractivity contribution < 1.29 is 18.9 Å². The molecule has 0 aromatic heterocycles. The average molecular weight is 451 g/mol. The molecule has 0 bridgehead atoms. The number of rotatable bonds is 5. The van der Waals surface area contributed by atoms with E-state index < -0.39 is 6.23 Å². The zero-order valence-electron chi connectivity index (χ0n) is 18.0. The van der Waals surface area contributed by atoms with Crippen molar-refractivity contribution in [2.24, 2.45) is 5.10 Å². The third-order valence-electron chi connectivity index (χ3n) is 5.87. The minimum atomic E-state index is -0.451. The third kappa shape index (κ3) is 3.41. The molecular formula is C25H23ClN2O4. The van der Waals surface area contributed by atoms with E-state index in [-0.39, 0.29) is 6.04 Å². The van der Waals surface area contributed by atoms with Gasteiger partial charge in [-0.25, -0.2) is 5.01 Å². The van der Waals surface area contributed by atoms with E-state index in [0.29, 0.717) is 22.3 Å². The second kappa shape index (κ2) is 8.28. The van der Waals surface area contributed by atoms with Crippen molar-refractivity contribution in [3.8, 4) is 23.0 Å². The number of ether oxygens (including phenoxy) is 4. The summed E-state index contributed by atoms with van der Waals surface area (Å²) in [6, 6.07) is 19.5. The molecular weight excluding hydrogens is 428 g/mol. The first kappa shape index (κ1) is 20.5. The second-order valence-electron chi connectivity index (χ2n) is 7.62. The third-order valence-corrected chi connectivity index (χ3v) is 6.12. The molecule has 2 atom stereocenters. The monoisotopic (exact) mass is 450 g/mol. The molecule has 2 aliphatic heterocycles. The van der Waals surface area contributed by atoms with Gasteiger partial charge in [-0.15, -0.1) is 0 Å². The minimum Gasteiger partial charge on any atom is -0.493 e. The van der Waals surface area contributed by atoms with Crippen molar-refractivity contribution in [3.63, 3.8) is 0 Å². The summed E-state index contributed by atoms with van der Waals surface area (Å²) in [7, 11) is 4.90. The lowest BCUT2D eigenvalue weighted by Gasteiger charge is -2.38. The molecule has 7 heteroatoms. The highest BCUT2D eigenvalue weighted by atomic mass is 35.5. The standard InChI is InChI=1S/C25H23ClN2O4/c1-29-21-12-9-16(13-23(21)31-3)25-28-20(18-5-4-6-22(30-2)24(18)32-25)14-19(27-28)15-7-10-17(26)11-8-15/h4-13,20,25H,14H2,1-3H3/t20-,25-/m0/s1. The van der Waals surface area contributed by atoms with Gasteiger partial charge >= 0.3 is 0 Å². The number of methoxy groups -OCH3 is 3. The lowest BCUT2D eigenvalue weighted by atomic mass is 9.95. The summed E-state index contributed by atoms with van der Waals surface area (Å²) in [5.74, 6) is 2.74. The molecule has 0 radical (unpaired) electrons. The number of benzene rings is 3. The number of hydrazone groups is 1. The van der Waals surface area contributed by atoms with Gasteiger partial charge in [0, 0.05) is 22.6 Å². The number of fused-ring (bicyclic) bond motifs is 3. The van der Waals surface area contributed by atoms with Gasteiger partial charge in [-0.1, -0.05) is 35.9 Å². The maximum absolute atomic E-state index is 6.51. The number of hydrogen-bond donors (Lipinski definition) is 0. The summed E-state index contributed by atoms with van der Waals surface area (Å²) in [6.07, 6.45) is 0.294. The first-order valence-corrected chi connectivity index (χ1v) is 10.7. The van der Waals surface area contributed by atoms with Gasteiger partial charge in [0.15, 0.2) is 23.0 Å². The molecule has 0 saturated carbocycles. The lowest BCUT2D eigenvalue weighted by molar-refractivity contribution is -0.0210. The van der Waals surface area contributed by atoms with E-state index in [0.717, 1.165) is 34.6 Å². The molecule has 0 amide bonds. The fraction of sp³-hybridized carbons (Fsp3) is 0.240. The molecule has 0 spiro atoms. The van der Waals surface area contributed by atoms with Crippen molar-refractivity contribution in [2.75, 3.05) is 21.3 Å². The van der Waals surface area contributed by atoms with Crippen LogP contribution in [0.5, 0.6) is 23.0 Å². The van der Waals surface area contributed by atoms with E-state index in [2.05, 4.69) is 6.07 Å². The SMILES string of the molecule is COc1ccc([C@@H]2Oc3c(OC)cccc3[C@@H]3CC(c4ccc(Cl)cc4)=NN32)cc1OC. The molecule has 2 aliphatic rings. The van der Waals surface area contributed by atoms with Gasteiger partial charge in [0.1, 0.15) is 0 Å². The summed E-state index contributed by atoms with van der Waals surface area (Å²) < 4.78 is 23.0. The Hall–Kier alpha value is -3.38. The van der Waals surface area contributed by atoms with Crippen LogP contribution in [0.2, 0.25) is 5.02 Å². The summed E-state index contributed by atoms with van der Waals surface area (Å²) in [5.41, 5.74) is 3.98. The number of hydrogen-bond acceptors (Lipinski definition) is 6. The van der Waals surface area contributed by atoms with Crippen LogP contribution in [0.4, 0.5) is 0 Å². The van der Waals surface area contributed by atoms with Crippen LogP contribution in [0, 0.1) is 0 Å². The first-order chi connectivity index (χ1) is 15.6. The van der Waals surface area contributed by atoms with E-state index in [1.165, 1.54) is 0 Å². The molecule has 0 saturated heterocycles. The Balaban J connectivity index is 1.62. The van der Waals surface area contributed by atoms with Crippen molar-refractivity contribution in [1.29, 1.82) is 0 Å². The zero-order valence-corrected chi connectivity index (χ0v) is 18.8. The van der Waals surface area contributed by atoms with Crippen molar-refractivity contribution >= 4 is 17.3 Å². The van der Waals surface area contributed by atoms with E-state index in [1.54, 1.807) is 21.3 Å². The predicted octanol–water partition coefficient (Wildman–Crippen LogP) is 5.61. The van der Waals surface area contributed by atoms with Gasteiger partial charge in [-0.3, -0.25) is 0 Å². The summed E-state index contributed by atoms with van der Waals surface area (Å²) >= 11 is 6.09. The fourth-order valence-corrected chi connectivity index (χ4v) is 4.41. The van der Waals surface area contributed by atoms with Crippen LogP contribution < -0.4 is 18.9 Å². The zero-order chi connectivity index (χ0) is 22.2. The molecule has 32 heavy (non-hydrogen) atoms. The summed E-state index contributed by atoms with van der Waals surface area (Å²) in [6.45, 7) is 0. The Labute approximate surface area is 191 Å². The van der Waals surface area contributed by atoms with Crippen LogP contribution >= 0.6 is 11.6 Å². The largest absolute Gasteiger partial charge is 0.493 e. The van der Waals surface area contributed by atoms with Crippen LogP contribution in [0.1, 0.15) is 35.4 Å². The maximum Gasteiger partial charge on any atom is 0.214 e. The molecule has 3 aromatic carbocycles. The van der Waals surface area contributed by atoms with Crippen molar-refractivity contribution in [3.05, 3.63) is 82.4 Å². The summed E-state index contributed by atoms with van der Waals surface area (Å²) in [5, 5.41) is 7.71. The molecule has 0 fully saturated rings. The van der Waals surface area contributed by atoms with Gasteiger partial charge in [-0.2, -0.15) is 5.10 Å². The van der Waals surface area contributed by atoms with Crippen molar-refractivity contribution in [2.45, 2.75) is 18.7 Å².